The van der Waals surface area contributed by atoms with E-state index in [1.165, 1.54) is 0 Å². The highest BCUT2D eigenvalue weighted by atomic mass is 35.5. The summed E-state index contributed by atoms with van der Waals surface area (Å²) < 4.78 is 0. The Hall–Kier alpha value is -0.850. The maximum absolute atomic E-state index is 11.9. The molecule has 20 heavy (non-hydrogen) atoms. The molecule has 0 aromatic heterocycles. The second-order valence-corrected chi connectivity index (χ2v) is 5.60. The summed E-state index contributed by atoms with van der Waals surface area (Å²) in [5, 5.41) is 22.3. The summed E-state index contributed by atoms with van der Waals surface area (Å²) in [6.45, 7) is 1.21. The lowest BCUT2D eigenvalue weighted by Crippen LogP contribution is -2.27. The van der Waals surface area contributed by atoms with Crippen molar-refractivity contribution in [2.75, 3.05) is 25.0 Å². The SMILES string of the molecule is O=C(CCN1C[C@@H](O)[C@@H](O)C1)Nc1c(Cl)cccc1Cl. The average molecular weight is 319 g/mol. The van der Waals surface area contributed by atoms with E-state index in [-0.39, 0.29) is 12.3 Å². The number of aliphatic hydroxyl groups excluding tert-OH is 2. The minimum atomic E-state index is -0.740. The summed E-state index contributed by atoms with van der Waals surface area (Å²) in [5.74, 6) is -0.212. The molecule has 1 amide bonds. The first-order valence-corrected chi connectivity index (χ1v) is 7.05. The van der Waals surface area contributed by atoms with Crippen LogP contribution in [0.25, 0.3) is 0 Å². The highest BCUT2D eigenvalue weighted by Gasteiger charge is 2.29. The third-order valence-corrected chi connectivity index (χ3v) is 3.85. The number of para-hydroxylation sites is 1. The zero-order valence-electron chi connectivity index (χ0n) is 10.7. The lowest BCUT2D eigenvalue weighted by Gasteiger charge is -2.14. The molecule has 1 saturated heterocycles. The zero-order valence-corrected chi connectivity index (χ0v) is 12.2. The van der Waals surface area contributed by atoms with Crippen LogP contribution in [0.3, 0.4) is 0 Å². The molecule has 110 valence electrons. The van der Waals surface area contributed by atoms with Gasteiger partial charge in [-0.2, -0.15) is 0 Å². The number of amides is 1. The molecule has 0 unspecified atom stereocenters. The van der Waals surface area contributed by atoms with Gasteiger partial charge < -0.3 is 15.5 Å². The molecule has 2 atom stereocenters. The number of hydrogen-bond donors (Lipinski definition) is 3. The molecule has 1 aliphatic rings. The summed E-state index contributed by atoms with van der Waals surface area (Å²) in [5.41, 5.74) is 0.405. The molecular formula is C13H16Cl2N2O3. The van der Waals surface area contributed by atoms with Crippen molar-refractivity contribution in [2.24, 2.45) is 0 Å². The Labute approximate surface area is 127 Å². The van der Waals surface area contributed by atoms with Crippen LogP contribution in [-0.4, -0.2) is 52.9 Å². The third-order valence-electron chi connectivity index (χ3n) is 3.22. The highest BCUT2D eigenvalue weighted by molar-refractivity contribution is 6.39. The standard InChI is InChI=1S/C13H16Cl2N2O3/c14-8-2-1-3-9(15)13(8)16-12(20)4-5-17-6-10(18)11(19)7-17/h1-3,10-11,18-19H,4-7H2,(H,16,20)/t10-,11+. The number of anilines is 1. The smallest absolute Gasteiger partial charge is 0.225 e. The molecule has 7 heteroatoms. The van der Waals surface area contributed by atoms with Crippen LogP contribution in [-0.2, 0) is 4.79 Å². The first kappa shape index (κ1) is 15.5. The summed E-state index contributed by atoms with van der Waals surface area (Å²) in [7, 11) is 0. The van der Waals surface area contributed by atoms with Gasteiger partial charge in [0.1, 0.15) is 0 Å². The predicted octanol–water partition coefficient (Wildman–Crippen LogP) is 1.36. The van der Waals surface area contributed by atoms with Gasteiger partial charge >= 0.3 is 0 Å². The molecule has 5 nitrogen and oxygen atoms in total. The van der Waals surface area contributed by atoms with Crippen LogP contribution in [0.5, 0.6) is 0 Å². The van der Waals surface area contributed by atoms with Gasteiger partial charge in [0.2, 0.25) is 5.91 Å². The van der Waals surface area contributed by atoms with E-state index in [0.717, 1.165) is 0 Å². The van der Waals surface area contributed by atoms with Gasteiger partial charge in [0.25, 0.3) is 0 Å². The van der Waals surface area contributed by atoms with Gasteiger partial charge in [-0.05, 0) is 12.1 Å². The van der Waals surface area contributed by atoms with E-state index in [2.05, 4.69) is 5.32 Å². The molecule has 2 rings (SSSR count). The fourth-order valence-corrected chi connectivity index (χ4v) is 2.60. The Morgan fingerprint density at radius 1 is 1.25 bits per heavy atom. The van der Waals surface area contributed by atoms with Gasteiger partial charge in [0, 0.05) is 26.1 Å². The van der Waals surface area contributed by atoms with E-state index < -0.39 is 12.2 Å². The number of hydrogen-bond acceptors (Lipinski definition) is 4. The Balaban J connectivity index is 1.84. The number of rotatable bonds is 4. The number of benzene rings is 1. The highest BCUT2D eigenvalue weighted by Crippen LogP contribution is 2.29. The molecule has 3 N–H and O–H groups in total. The van der Waals surface area contributed by atoms with Crippen molar-refractivity contribution in [2.45, 2.75) is 18.6 Å². The van der Waals surface area contributed by atoms with Crippen LogP contribution < -0.4 is 5.32 Å². The molecule has 0 aliphatic carbocycles. The van der Waals surface area contributed by atoms with Crippen LogP contribution in [0.4, 0.5) is 5.69 Å². The quantitative estimate of drug-likeness (QED) is 0.783. The normalized spacial score (nSPS) is 23.0. The fourth-order valence-electron chi connectivity index (χ4n) is 2.11. The number of likely N-dealkylation sites (tertiary alicyclic amines) is 1. The summed E-state index contributed by atoms with van der Waals surface area (Å²) in [4.78, 5) is 13.7. The Morgan fingerprint density at radius 2 is 1.80 bits per heavy atom. The van der Waals surface area contributed by atoms with Crippen molar-refractivity contribution in [3.05, 3.63) is 28.2 Å². The molecule has 0 spiro atoms. The van der Waals surface area contributed by atoms with Gasteiger partial charge in [0.05, 0.1) is 27.9 Å². The average Bonchev–Trinajstić information content (AvgIpc) is 2.71. The van der Waals surface area contributed by atoms with Crippen molar-refractivity contribution in [3.63, 3.8) is 0 Å². The Bertz CT molecular complexity index is 468. The van der Waals surface area contributed by atoms with Crippen LogP contribution in [0, 0.1) is 0 Å². The van der Waals surface area contributed by atoms with Crippen molar-refractivity contribution in [1.29, 1.82) is 0 Å². The number of β-amino-alcohol motifs (C(OH)–C–C–N with tert-alkyl or cyclic N) is 2. The molecule has 0 saturated carbocycles. The van der Waals surface area contributed by atoms with Crippen LogP contribution in [0.2, 0.25) is 10.0 Å². The molecule has 1 aliphatic heterocycles. The summed E-state index contributed by atoms with van der Waals surface area (Å²) in [6.07, 6.45) is -1.24. The third kappa shape index (κ3) is 3.84. The molecule has 1 heterocycles. The van der Waals surface area contributed by atoms with E-state index in [4.69, 9.17) is 23.2 Å². The summed E-state index contributed by atoms with van der Waals surface area (Å²) >= 11 is 11.9. The fraction of sp³-hybridized carbons (Fsp3) is 0.462. The minimum absolute atomic E-state index is 0.212. The lowest BCUT2D eigenvalue weighted by molar-refractivity contribution is -0.116. The first-order valence-electron chi connectivity index (χ1n) is 6.29. The molecule has 0 bridgehead atoms. The molecular weight excluding hydrogens is 303 g/mol. The summed E-state index contributed by atoms with van der Waals surface area (Å²) in [6, 6.07) is 5.00. The largest absolute Gasteiger partial charge is 0.389 e. The van der Waals surface area contributed by atoms with Gasteiger partial charge in [-0.15, -0.1) is 0 Å². The lowest BCUT2D eigenvalue weighted by atomic mass is 10.3. The number of nitrogens with zero attached hydrogens (tertiary/aromatic N) is 1. The molecule has 1 aromatic carbocycles. The van der Waals surface area contributed by atoms with E-state index in [1.807, 2.05) is 4.90 Å². The first-order chi connectivity index (χ1) is 9.47. The number of aliphatic hydroxyl groups is 2. The van der Waals surface area contributed by atoms with Crippen molar-refractivity contribution in [1.82, 2.24) is 4.90 Å². The number of nitrogens with one attached hydrogen (secondary N) is 1. The van der Waals surface area contributed by atoms with Crippen LogP contribution >= 0.6 is 23.2 Å². The molecule has 0 radical (unpaired) electrons. The predicted molar refractivity (Wildman–Crippen MR) is 78.2 cm³/mol. The second kappa shape index (κ2) is 6.74. The van der Waals surface area contributed by atoms with Gasteiger partial charge in [-0.3, -0.25) is 9.69 Å². The second-order valence-electron chi connectivity index (χ2n) is 4.79. The zero-order chi connectivity index (χ0) is 14.7. The number of carbonyl (C=O) groups excluding carboxylic acids is 1. The van der Waals surface area contributed by atoms with Gasteiger partial charge in [-0.1, -0.05) is 29.3 Å². The number of carbonyl (C=O) groups is 1. The maximum atomic E-state index is 11.9. The van der Waals surface area contributed by atoms with Crippen LogP contribution in [0.15, 0.2) is 18.2 Å². The van der Waals surface area contributed by atoms with Crippen molar-refractivity contribution >= 4 is 34.8 Å². The maximum Gasteiger partial charge on any atom is 0.225 e. The number of halogens is 2. The van der Waals surface area contributed by atoms with Crippen molar-refractivity contribution in [3.8, 4) is 0 Å². The van der Waals surface area contributed by atoms with E-state index in [9.17, 15) is 15.0 Å². The van der Waals surface area contributed by atoms with Gasteiger partial charge in [0.15, 0.2) is 0 Å². The monoisotopic (exact) mass is 318 g/mol. The van der Waals surface area contributed by atoms with E-state index in [0.29, 0.717) is 35.4 Å². The van der Waals surface area contributed by atoms with E-state index in [1.54, 1.807) is 18.2 Å². The van der Waals surface area contributed by atoms with Gasteiger partial charge in [-0.25, -0.2) is 0 Å². The van der Waals surface area contributed by atoms with E-state index >= 15 is 0 Å². The topological polar surface area (TPSA) is 72.8 Å². The van der Waals surface area contributed by atoms with Crippen LogP contribution in [0.1, 0.15) is 6.42 Å². The molecule has 1 fully saturated rings. The van der Waals surface area contributed by atoms with Crippen molar-refractivity contribution < 1.29 is 15.0 Å². The Kier molecular flexibility index (Phi) is 5.23. The minimum Gasteiger partial charge on any atom is -0.389 e. The molecule has 1 aromatic rings. The Morgan fingerprint density at radius 3 is 2.35 bits per heavy atom.